The predicted octanol–water partition coefficient (Wildman–Crippen LogP) is 3.16. The summed E-state index contributed by atoms with van der Waals surface area (Å²) in [5, 5.41) is 2.31. The zero-order valence-corrected chi connectivity index (χ0v) is 19.3. The predicted molar refractivity (Wildman–Crippen MR) is 119 cm³/mol. The molecule has 2 amide bonds. The number of halogens is 1. The van der Waals surface area contributed by atoms with Crippen molar-refractivity contribution in [1.82, 2.24) is 10.0 Å². The summed E-state index contributed by atoms with van der Waals surface area (Å²) in [6.45, 7) is 3.92. The highest BCUT2D eigenvalue weighted by Crippen LogP contribution is 2.32. The SMILES string of the molecule is CC(C)(NS(=O)(=O)CC/C=C/C[C@@H]1CCC(=O)NC1=O)c1ccc(F)c(OCC2CC2)c1. The summed E-state index contributed by atoms with van der Waals surface area (Å²) in [6.07, 6.45) is 7.29. The number of hydrogen-bond donors (Lipinski definition) is 2. The van der Waals surface area contributed by atoms with Crippen molar-refractivity contribution in [1.29, 1.82) is 0 Å². The number of piperidine rings is 1. The molecule has 1 aliphatic carbocycles. The molecule has 0 unspecified atom stereocenters. The van der Waals surface area contributed by atoms with Crippen LogP contribution in [0.15, 0.2) is 30.4 Å². The van der Waals surface area contributed by atoms with Crippen LogP contribution in [0.3, 0.4) is 0 Å². The topological polar surface area (TPSA) is 102 Å². The van der Waals surface area contributed by atoms with Crippen LogP contribution in [-0.4, -0.2) is 32.6 Å². The normalized spacial score (nSPS) is 19.9. The third-order valence-electron chi connectivity index (χ3n) is 5.73. The number of amides is 2. The van der Waals surface area contributed by atoms with Crippen molar-refractivity contribution in [3.8, 4) is 5.75 Å². The van der Waals surface area contributed by atoms with Crippen molar-refractivity contribution < 1.29 is 27.1 Å². The Balaban J connectivity index is 1.51. The third-order valence-corrected chi connectivity index (χ3v) is 7.32. The molecule has 3 rings (SSSR count). The van der Waals surface area contributed by atoms with Gasteiger partial charge >= 0.3 is 0 Å². The lowest BCUT2D eigenvalue weighted by molar-refractivity contribution is -0.136. The van der Waals surface area contributed by atoms with E-state index in [-0.39, 0.29) is 35.7 Å². The lowest BCUT2D eigenvalue weighted by atomic mass is 9.95. The maximum Gasteiger partial charge on any atom is 0.229 e. The molecule has 1 saturated heterocycles. The largest absolute Gasteiger partial charge is 0.490 e. The summed E-state index contributed by atoms with van der Waals surface area (Å²) in [5.41, 5.74) is -0.331. The van der Waals surface area contributed by atoms with Gasteiger partial charge in [0.1, 0.15) is 0 Å². The Hall–Kier alpha value is -2.26. The summed E-state index contributed by atoms with van der Waals surface area (Å²) in [5.74, 6) is -0.749. The van der Waals surface area contributed by atoms with Crippen LogP contribution in [-0.2, 0) is 25.2 Å². The Labute approximate surface area is 188 Å². The van der Waals surface area contributed by atoms with E-state index in [4.69, 9.17) is 4.74 Å². The highest BCUT2D eigenvalue weighted by molar-refractivity contribution is 7.89. The Morgan fingerprint density at radius 1 is 1.22 bits per heavy atom. The molecule has 1 aromatic carbocycles. The zero-order chi connectivity index (χ0) is 23.4. The summed E-state index contributed by atoms with van der Waals surface area (Å²) >= 11 is 0. The molecule has 1 saturated carbocycles. The van der Waals surface area contributed by atoms with Crippen molar-refractivity contribution in [2.45, 2.75) is 57.9 Å². The highest BCUT2D eigenvalue weighted by atomic mass is 32.2. The number of ether oxygens (including phenoxy) is 1. The van der Waals surface area contributed by atoms with E-state index in [1.807, 2.05) is 0 Å². The molecular weight excluding hydrogens is 435 g/mol. The molecule has 9 heteroatoms. The summed E-state index contributed by atoms with van der Waals surface area (Å²) in [4.78, 5) is 22.9. The lowest BCUT2D eigenvalue weighted by Crippen LogP contribution is -2.42. The van der Waals surface area contributed by atoms with E-state index in [0.29, 0.717) is 37.4 Å². The number of sulfonamides is 1. The lowest BCUT2D eigenvalue weighted by Gasteiger charge is -2.27. The van der Waals surface area contributed by atoms with Crippen LogP contribution < -0.4 is 14.8 Å². The molecule has 176 valence electrons. The van der Waals surface area contributed by atoms with Crippen LogP contribution in [0.25, 0.3) is 0 Å². The Morgan fingerprint density at radius 2 is 1.97 bits per heavy atom. The first-order valence-electron chi connectivity index (χ1n) is 11.0. The fraction of sp³-hybridized carbons (Fsp3) is 0.565. The number of carbonyl (C=O) groups excluding carboxylic acids is 2. The first-order chi connectivity index (χ1) is 15.1. The number of rotatable bonds is 11. The average molecular weight is 467 g/mol. The molecule has 1 aromatic rings. The molecule has 2 fully saturated rings. The number of imide groups is 1. The standard InChI is InChI=1S/C23H31FN2O5S/c1-23(2,18-10-11-19(24)20(14-18)31-15-16-7-8-16)26-32(29,30)13-5-3-4-6-17-9-12-21(27)25-22(17)28/h3-4,10-11,14,16-17,26H,5-9,12-13,15H2,1-2H3,(H,25,27,28)/b4-3+/t17-/m1/s1. The molecule has 1 atom stereocenters. The zero-order valence-electron chi connectivity index (χ0n) is 18.5. The maximum atomic E-state index is 14.1. The van der Waals surface area contributed by atoms with Gasteiger partial charge in [-0.1, -0.05) is 18.2 Å². The second-order valence-corrected chi connectivity index (χ2v) is 10.9. The van der Waals surface area contributed by atoms with Crippen molar-refractivity contribution in [3.63, 3.8) is 0 Å². The van der Waals surface area contributed by atoms with Gasteiger partial charge in [-0.25, -0.2) is 17.5 Å². The average Bonchev–Trinajstić information content (AvgIpc) is 3.52. The van der Waals surface area contributed by atoms with Gasteiger partial charge in [-0.15, -0.1) is 0 Å². The molecule has 0 aromatic heterocycles. The fourth-order valence-electron chi connectivity index (χ4n) is 3.56. The second-order valence-electron chi connectivity index (χ2n) is 9.09. The first-order valence-corrected chi connectivity index (χ1v) is 12.6. The number of benzene rings is 1. The molecule has 2 N–H and O–H groups in total. The molecule has 0 bridgehead atoms. The van der Waals surface area contributed by atoms with Crippen LogP contribution in [0.5, 0.6) is 5.75 Å². The third kappa shape index (κ3) is 7.13. The maximum absolute atomic E-state index is 14.1. The Morgan fingerprint density at radius 3 is 2.66 bits per heavy atom. The van der Waals surface area contributed by atoms with E-state index in [1.54, 1.807) is 38.1 Å². The molecule has 32 heavy (non-hydrogen) atoms. The Bertz CT molecular complexity index is 986. The van der Waals surface area contributed by atoms with Gasteiger partial charge in [0.05, 0.1) is 17.9 Å². The van der Waals surface area contributed by atoms with Crippen molar-refractivity contribution in [2.24, 2.45) is 11.8 Å². The van der Waals surface area contributed by atoms with E-state index in [0.717, 1.165) is 12.8 Å². The Kier molecular flexibility index (Phi) is 7.71. The van der Waals surface area contributed by atoms with Gasteiger partial charge in [-0.3, -0.25) is 14.9 Å². The van der Waals surface area contributed by atoms with Gasteiger partial charge in [0.15, 0.2) is 11.6 Å². The number of hydrogen-bond acceptors (Lipinski definition) is 5. The summed E-state index contributed by atoms with van der Waals surface area (Å²) < 4.78 is 47.5. The van der Waals surface area contributed by atoms with Gasteiger partial charge in [0, 0.05) is 12.3 Å². The van der Waals surface area contributed by atoms with Crippen molar-refractivity contribution >= 4 is 21.8 Å². The smallest absolute Gasteiger partial charge is 0.229 e. The van der Waals surface area contributed by atoms with Crippen molar-refractivity contribution in [3.05, 3.63) is 41.7 Å². The second kappa shape index (κ2) is 10.1. The summed E-state index contributed by atoms with van der Waals surface area (Å²) in [7, 11) is -3.61. The molecular formula is C23H31FN2O5S. The van der Waals surface area contributed by atoms with Gasteiger partial charge < -0.3 is 4.74 Å². The minimum absolute atomic E-state index is 0.117. The number of carbonyl (C=O) groups is 2. The minimum Gasteiger partial charge on any atom is -0.490 e. The van der Waals surface area contributed by atoms with Crippen LogP contribution in [0.2, 0.25) is 0 Å². The molecule has 1 aliphatic heterocycles. The molecule has 0 radical (unpaired) electrons. The fourth-order valence-corrected chi connectivity index (χ4v) is 5.00. The molecule has 1 heterocycles. The van der Waals surface area contributed by atoms with Crippen LogP contribution in [0, 0.1) is 17.7 Å². The van der Waals surface area contributed by atoms with E-state index < -0.39 is 21.4 Å². The van der Waals surface area contributed by atoms with Gasteiger partial charge in [0.2, 0.25) is 21.8 Å². The van der Waals surface area contributed by atoms with E-state index in [1.165, 1.54) is 6.07 Å². The number of allylic oxidation sites excluding steroid dienone is 2. The van der Waals surface area contributed by atoms with Crippen molar-refractivity contribution in [2.75, 3.05) is 12.4 Å². The van der Waals surface area contributed by atoms with Crippen LogP contribution >= 0.6 is 0 Å². The van der Waals surface area contributed by atoms with Gasteiger partial charge in [0.25, 0.3) is 0 Å². The molecule has 2 aliphatic rings. The van der Waals surface area contributed by atoms with Gasteiger partial charge in [-0.2, -0.15) is 0 Å². The minimum atomic E-state index is -3.61. The number of nitrogens with one attached hydrogen (secondary N) is 2. The quantitative estimate of drug-likeness (QED) is 0.385. The highest BCUT2D eigenvalue weighted by Gasteiger charge is 2.28. The summed E-state index contributed by atoms with van der Waals surface area (Å²) in [6, 6.07) is 4.41. The van der Waals surface area contributed by atoms with E-state index in [9.17, 15) is 22.4 Å². The molecule has 7 nitrogen and oxygen atoms in total. The molecule has 0 spiro atoms. The van der Waals surface area contributed by atoms with Crippen LogP contribution in [0.1, 0.15) is 57.9 Å². The van der Waals surface area contributed by atoms with Gasteiger partial charge in [-0.05, 0) is 69.6 Å². The van der Waals surface area contributed by atoms with E-state index >= 15 is 0 Å². The monoisotopic (exact) mass is 466 g/mol. The van der Waals surface area contributed by atoms with E-state index in [2.05, 4.69) is 10.0 Å². The van der Waals surface area contributed by atoms with Crippen LogP contribution in [0.4, 0.5) is 4.39 Å². The first kappa shape index (κ1) is 24.4.